The van der Waals surface area contributed by atoms with Crippen LogP contribution in [0.3, 0.4) is 0 Å². The van der Waals surface area contributed by atoms with Crippen LogP contribution in [0.1, 0.15) is 34.8 Å². The lowest BCUT2D eigenvalue weighted by atomic mass is 10.1. The average molecular weight is 667 g/mol. The summed E-state index contributed by atoms with van der Waals surface area (Å²) in [6.45, 7) is 3.89. The zero-order valence-corrected chi connectivity index (χ0v) is 27.5. The number of aryl methyl sites for hydroxylation is 1. The zero-order chi connectivity index (χ0) is 32.5. The third-order valence-electron chi connectivity index (χ3n) is 6.92. The van der Waals surface area contributed by atoms with Crippen molar-refractivity contribution >= 4 is 69.3 Å². The maximum atomic E-state index is 13.5. The fourth-order valence-electron chi connectivity index (χ4n) is 4.45. The summed E-state index contributed by atoms with van der Waals surface area (Å²) in [5.41, 5.74) is 4.52. The van der Waals surface area contributed by atoms with E-state index in [9.17, 15) is 14.4 Å². The Balaban J connectivity index is 1.28. The number of amides is 3. The fraction of sp³-hybridized carbons (Fsp3) is 0.111. The Kier molecular flexibility index (Phi) is 11.0. The minimum atomic E-state index is -0.472. The van der Waals surface area contributed by atoms with Crippen LogP contribution in [0.5, 0.6) is 0 Å². The highest BCUT2D eigenvalue weighted by Crippen LogP contribution is 2.30. The number of thiazole rings is 1. The highest BCUT2D eigenvalue weighted by Gasteiger charge is 2.21. The van der Waals surface area contributed by atoms with Gasteiger partial charge in [0.2, 0.25) is 5.91 Å². The molecule has 232 valence electrons. The molecule has 4 aromatic carbocycles. The van der Waals surface area contributed by atoms with Crippen LogP contribution in [0.2, 0.25) is 5.02 Å². The van der Waals surface area contributed by atoms with Gasteiger partial charge in [0, 0.05) is 32.1 Å². The molecule has 0 bridgehead atoms. The van der Waals surface area contributed by atoms with Gasteiger partial charge in [-0.1, -0.05) is 79.2 Å². The van der Waals surface area contributed by atoms with Gasteiger partial charge in [-0.25, -0.2) is 4.98 Å². The zero-order valence-electron chi connectivity index (χ0n) is 25.1. The van der Waals surface area contributed by atoms with E-state index in [1.807, 2.05) is 79.9 Å². The quantitative estimate of drug-likeness (QED) is 0.0967. The van der Waals surface area contributed by atoms with E-state index in [1.54, 1.807) is 48.5 Å². The van der Waals surface area contributed by atoms with Crippen LogP contribution in [0.4, 0.5) is 10.8 Å². The van der Waals surface area contributed by atoms with Crippen molar-refractivity contribution in [2.24, 2.45) is 0 Å². The Morgan fingerprint density at radius 3 is 2.39 bits per heavy atom. The molecule has 0 aliphatic carbocycles. The van der Waals surface area contributed by atoms with Gasteiger partial charge in [-0.05, 0) is 73.0 Å². The lowest BCUT2D eigenvalue weighted by molar-refractivity contribution is -0.116. The number of carbonyl (C=O) groups excluding carboxylic acids is 3. The molecule has 1 unspecified atom stereocenters. The number of anilines is 2. The minimum absolute atomic E-state index is 0.105. The van der Waals surface area contributed by atoms with Crippen LogP contribution in [-0.4, -0.2) is 28.0 Å². The third-order valence-corrected chi connectivity index (χ3v) is 9.29. The van der Waals surface area contributed by atoms with Crippen molar-refractivity contribution < 1.29 is 14.4 Å². The van der Waals surface area contributed by atoms with E-state index in [0.717, 1.165) is 27.3 Å². The van der Waals surface area contributed by atoms with Crippen LogP contribution in [0, 0.1) is 6.92 Å². The van der Waals surface area contributed by atoms with Crippen LogP contribution in [-0.2, 0) is 9.59 Å². The molecule has 3 amide bonds. The summed E-state index contributed by atoms with van der Waals surface area (Å²) in [6.07, 6.45) is 2.25. The standard InChI is InChI=1S/C36H31ClN4O3S2/c1-3-32(35(44)41-36-40-31(22-45-36)24-16-18-27(37)19-17-24)46-29-15-9-14-28(21-29)38-34(43)30(20-26-13-8-7-10-23(26)2)39-33(42)25-11-5-4-6-12-25/h4-22,32H,3H2,1-2H3,(H,38,43)(H,39,42)(H,40,41,44)/b30-20-. The number of hydrogen-bond donors (Lipinski definition) is 3. The van der Waals surface area contributed by atoms with Crippen LogP contribution in [0.15, 0.2) is 119 Å². The predicted molar refractivity (Wildman–Crippen MR) is 189 cm³/mol. The van der Waals surface area contributed by atoms with E-state index in [1.165, 1.54) is 23.1 Å². The van der Waals surface area contributed by atoms with Crippen molar-refractivity contribution in [1.29, 1.82) is 0 Å². The SMILES string of the molecule is CCC(Sc1cccc(NC(=O)/C(=C/c2ccccc2C)NC(=O)c2ccccc2)c1)C(=O)Nc1nc(-c2ccc(Cl)cc2)cs1. The molecule has 0 aliphatic heterocycles. The second kappa shape index (κ2) is 15.5. The molecule has 0 fully saturated rings. The first kappa shape index (κ1) is 32.7. The summed E-state index contributed by atoms with van der Waals surface area (Å²) < 4.78 is 0. The van der Waals surface area contributed by atoms with E-state index in [-0.39, 0.29) is 11.6 Å². The number of carbonyl (C=O) groups is 3. The van der Waals surface area contributed by atoms with Gasteiger partial charge in [-0.15, -0.1) is 23.1 Å². The summed E-state index contributed by atoms with van der Waals surface area (Å²) in [5.74, 6) is -1.03. The van der Waals surface area contributed by atoms with Gasteiger partial charge in [-0.3, -0.25) is 14.4 Å². The highest BCUT2D eigenvalue weighted by molar-refractivity contribution is 8.00. The molecule has 0 saturated heterocycles. The van der Waals surface area contributed by atoms with Crippen molar-refractivity contribution in [3.8, 4) is 11.3 Å². The Morgan fingerprint density at radius 1 is 0.913 bits per heavy atom. The van der Waals surface area contributed by atoms with Crippen LogP contribution < -0.4 is 16.0 Å². The van der Waals surface area contributed by atoms with Gasteiger partial charge in [0.05, 0.1) is 10.9 Å². The summed E-state index contributed by atoms with van der Waals surface area (Å²) in [7, 11) is 0. The van der Waals surface area contributed by atoms with Gasteiger partial charge in [0.1, 0.15) is 5.70 Å². The summed E-state index contributed by atoms with van der Waals surface area (Å²) >= 11 is 8.75. The molecule has 1 aromatic heterocycles. The van der Waals surface area contributed by atoms with E-state index < -0.39 is 17.1 Å². The van der Waals surface area contributed by atoms with Crippen LogP contribution >= 0.6 is 34.7 Å². The normalized spacial score (nSPS) is 11.8. The second-order valence-electron chi connectivity index (χ2n) is 10.3. The number of nitrogens with zero attached hydrogens (tertiary/aromatic N) is 1. The Labute approximate surface area is 281 Å². The Hall–Kier alpha value is -4.70. The molecular weight excluding hydrogens is 636 g/mol. The van der Waals surface area contributed by atoms with Crippen molar-refractivity contribution in [1.82, 2.24) is 10.3 Å². The number of benzene rings is 4. The molecular formula is C36H31ClN4O3S2. The van der Waals surface area contributed by atoms with E-state index in [0.29, 0.717) is 27.8 Å². The first-order valence-electron chi connectivity index (χ1n) is 14.5. The fourth-order valence-corrected chi connectivity index (χ4v) is 6.31. The largest absolute Gasteiger partial charge is 0.321 e. The van der Waals surface area contributed by atoms with Crippen molar-refractivity contribution in [3.63, 3.8) is 0 Å². The van der Waals surface area contributed by atoms with Gasteiger partial charge in [-0.2, -0.15) is 0 Å². The first-order chi connectivity index (χ1) is 22.3. The number of aromatic nitrogens is 1. The lowest BCUT2D eigenvalue weighted by Gasteiger charge is -2.15. The molecule has 1 heterocycles. The van der Waals surface area contributed by atoms with Crippen molar-refractivity contribution in [2.45, 2.75) is 30.4 Å². The molecule has 10 heteroatoms. The maximum Gasteiger partial charge on any atom is 0.272 e. The monoisotopic (exact) mass is 666 g/mol. The molecule has 1 atom stereocenters. The molecule has 7 nitrogen and oxygen atoms in total. The molecule has 46 heavy (non-hydrogen) atoms. The molecule has 0 radical (unpaired) electrons. The van der Waals surface area contributed by atoms with Crippen molar-refractivity contribution in [2.75, 3.05) is 10.6 Å². The van der Waals surface area contributed by atoms with E-state index in [2.05, 4.69) is 20.9 Å². The van der Waals surface area contributed by atoms with Crippen molar-refractivity contribution in [3.05, 3.63) is 136 Å². The number of hydrogen-bond acceptors (Lipinski definition) is 6. The molecule has 0 spiro atoms. The number of nitrogens with one attached hydrogen (secondary N) is 3. The number of thioether (sulfide) groups is 1. The van der Waals surface area contributed by atoms with Gasteiger partial charge >= 0.3 is 0 Å². The summed E-state index contributed by atoms with van der Waals surface area (Å²) in [5, 5.41) is 11.3. The van der Waals surface area contributed by atoms with E-state index >= 15 is 0 Å². The second-order valence-corrected chi connectivity index (χ2v) is 12.8. The van der Waals surface area contributed by atoms with E-state index in [4.69, 9.17) is 11.6 Å². The molecule has 3 N–H and O–H groups in total. The Morgan fingerprint density at radius 2 is 1.65 bits per heavy atom. The van der Waals surface area contributed by atoms with Gasteiger partial charge in [0.25, 0.3) is 11.8 Å². The summed E-state index contributed by atoms with van der Waals surface area (Å²) in [4.78, 5) is 45.1. The maximum absolute atomic E-state index is 13.5. The lowest BCUT2D eigenvalue weighted by Crippen LogP contribution is -2.30. The molecule has 0 aliphatic rings. The van der Waals surface area contributed by atoms with Gasteiger partial charge in [0.15, 0.2) is 5.13 Å². The minimum Gasteiger partial charge on any atom is -0.321 e. The van der Waals surface area contributed by atoms with Gasteiger partial charge < -0.3 is 16.0 Å². The van der Waals surface area contributed by atoms with Crippen LogP contribution in [0.25, 0.3) is 17.3 Å². The molecule has 0 saturated carbocycles. The number of halogens is 1. The highest BCUT2D eigenvalue weighted by atomic mass is 35.5. The summed E-state index contributed by atoms with van der Waals surface area (Å²) in [6, 6.07) is 31.0. The average Bonchev–Trinajstić information content (AvgIpc) is 3.53. The predicted octanol–water partition coefficient (Wildman–Crippen LogP) is 8.69. The Bertz CT molecular complexity index is 1870. The first-order valence-corrected chi connectivity index (χ1v) is 16.7. The topological polar surface area (TPSA) is 100 Å². The smallest absolute Gasteiger partial charge is 0.272 e. The molecule has 5 rings (SSSR count). The number of rotatable bonds is 11. The molecule has 5 aromatic rings. The third kappa shape index (κ3) is 8.72.